The van der Waals surface area contributed by atoms with Crippen LogP contribution >= 0.6 is 15.9 Å². The van der Waals surface area contributed by atoms with Gasteiger partial charge in [0.2, 0.25) is 0 Å². The first-order chi connectivity index (χ1) is 9.58. The number of aliphatic hydroxyl groups is 1. The minimum Gasteiger partial charge on any atom is -0.389 e. The van der Waals surface area contributed by atoms with Crippen LogP contribution in [0.25, 0.3) is 0 Å². The molecule has 2 aromatic carbocycles. The standard InChI is InChI=1S/C17H20BrNO/c1-13(20)16-9-8-15(18)12-17(16)19(2)11-10-14-6-4-3-5-7-14/h3-9,12-13,20H,10-11H2,1-2H3. The summed E-state index contributed by atoms with van der Waals surface area (Å²) in [5, 5.41) is 9.89. The lowest BCUT2D eigenvalue weighted by Crippen LogP contribution is -2.22. The van der Waals surface area contributed by atoms with Crippen LogP contribution in [0.2, 0.25) is 0 Å². The summed E-state index contributed by atoms with van der Waals surface area (Å²) in [5.74, 6) is 0. The van der Waals surface area contributed by atoms with Crippen molar-refractivity contribution < 1.29 is 5.11 Å². The third kappa shape index (κ3) is 3.84. The zero-order chi connectivity index (χ0) is 14.5. The van der Waals surface area contributed by atoms with Gasteiger partial charge in [0, 0.05) is 29.3 Å². The van der Waals surface area contributed by atoms with Gasteiger partial charge in [-0.25, -0.2) is 0 Å². The van der Waals surface area contributed by atoms with Crippen molar-refractivity contribution in [1.82, 2.24) is 0 Å². The van der Waals surface area contributed by atoms with Gasteiger partial charge in [-0.15, -0.1) is 0 Å². The van der Waals surface area contributed by atoms with Crippen molar-refractivity contribution in [2.24, 2.45) is 0 Å². The number of nitrogens with zero attached hydrogens (tertiary/aromatic N) is 1. The number of anilines is 1. The zero-order valence-corrected chi connectivity index (χ0v) is 13.5. The molecule has 1 atom stereocenters. The lowest BCUT2D eigenvalue weighted by Gasteiger charge is -2.24. The van der Waals surface area contributed by atoms with Crippen LogP contribution in [-0.2, 0) is 6.42 Å². The Balaban J connectivity index is 2.12. The zero-order valence-electron chi connectivity index (χ0n) is 11.9. The van der Waals surface area contributed by atoms with Crippen molar-refractivity contribution in [1.29, 1.82) is 0 Å². The Morgan fingerprint density at radius 2 is 1.85 bits per heavy atom. The maximum Gasteiger partial charge on any atom is 0.0782 e. The predicted molar refractivity (Wildman–Crippen MR) is 88.2 cm³/mol. The van der Waals surface area contributed by atoms with Gasteiger partial charge in [0.1, 0.15) is 0 Å². The minimum atomic E-state index is -0.461. The van der Waals surface area contributed by atoms with E-state index in [0.717, 1.165) is 28.7 Å². The maximum absolute atomic E-state index is 9.89. The van der Waals surface area contributed by atoms with E-state index in [0.29, 0.717) is 0 Å². The topological polar surface area (TPSA) is 23.5 Å². The molecule has 0 radical (unpaired) electrons. The van der Waals surface area contributed by atoms with Gasteiger partial charge in [0.15, 0.2) is 0 Å². The van der Waals surface area contributed by atoms with Crippen LogP contribution in [0.15, 0.2) is 53.0 Å². The van der Waals surface area contributed by atoms with Crippen molar-refractivity contribution in [2.45, 2.75) is 19.4 Å². The molecule has 3 heteroatoms. The Morgan fingerprint density at radius 1 is 1.15 bits per heavy atom. The first kappa shape index (κ1) is 15.1. The molecule has 0 saturated carbocycles. The van der Waals surface area contributed by atoms with Crippen LogP contribution in [-0.4, -0.2) is 18.7 Å². The van der Waals surface area contributed by atoms with E-state index >= 15 is 0 Å². The molecular weight excluding hydrogens is 314 g/mol. The van der Waals surface area contributed by atoms with E-state index in [1.807, 2.05) is 18.2 Å². The molecule has 0 saturated heterocycles. The molecule has 0 bridgehead atoms. The average molecular weight is 334 g/mol. The van der Waals surface area contributed by atoms with Gasteiger partial charge in [-0.1, -0.05) is 52.3 Å². The molecule has 20 heavy (non-hydrogen) atoms. The van der Waals surface area contributed by atoms with E-state index in [-0.39, 0.29) is 0 Å². The first-order valence-corrected chi connectivity index (χ1v) is 7.60. The van der Waals surface area contributed by atoms with Crippen LogP contribution in [0.4, 0.5) is 5.69 Å². The summed E-state index contributed by atoms with van der Waals surface area (Å²) in [4.78, 5) is 2.19. The summed E-state index contributed by atoms with van der Waals surface area (Å²) < 4.78 is 1.03. The minimum absolute atomic E-state index is 0.461. The number of benzene rings is 2. The van der Waals surface area contributed by atoms with Gasteiger partial charge in [-0.05, 0) is 31.0 Å². The average Bonchev–Trinajstić information content (AvgIpc) is 2.45. The predicted octanol–water partition coefficient (Wildman–Crippen LogP) is 4.18. The molecule has 2 nitrogen and oxygen atoms in total. The summed E-state index contributed by atoms with van der Waals surface area (Å²) in [6, 6.07) is 16.5. The molecule has 0 amide bonds. The smallest absolute Gasteiger partial charge is 0.0782 e. The highest BCUT2D eigenvalue weighted by atomic mass is 79.9. The Bertz CT molecular complexity index is 554. The molecule has 0 fully saturated rings. The van der Waals surface area contributed by atoms with Crippen molar-refractivity contribution >= 4 is 21.6 Å². The number of aliphatic hydroxyl groups excluding tert-OH is 1. The Morgan fingerprint density at radius 3 is 2.50 bits per heavy atom. The molecule has 0 aliphatic carbocycles. The van der Waals surface area contributed by atoms with Crippen molar-refractivity contribution in [3.8, 4) is 0 Å². The van der Waals surface area contributed by atoms with Crippen molar-refractivity contribution in [3.63, 3.8) is 0 Å². The summed E-state index contributed by atoms with van der Waals surface area (Å²) in [5.41, 5.74) is 3.36. The number of rotatable bonds is 5. The van der Waals surface area contributed by atoms with Gasteiger partial charge in [-0.3, -0.25) is 0 Å². The van der Waals surface area contributed by atoms with Gasteiger partial charge in [-0.2, -0.15) is 0 Å². The highest BCUT2D eigenvalue weighted by Gasteiger charge is 2.12. The van der Waals surface area contributed by atoms with Crippen LogP contribution < -0.4 is 4.90 Å². The second-order valence-electron chi connectivity index (χ2n) is 5.04. The van der Waals surface area contributed by atoms with E-state index in [1.165, 1.54) is 5.56 Å². The van der Waals surface area contributed by atoms with E-state index in [9.17, 15) is 5.11 Å². The van der Waals surface area contributed by atoms with E-state index < -0.39 is 6.10 Å². The molecule has 106 valence electrons. The normalized spacial score (nSPS) is 12.2. The summed E-state index contributed by atoms with van der Waals surface area (Å²) >= 11 is 3.50. The summed E-state index contributed by atoms with van der Waals surface area (Å²) in [7, 11) is 2.07. The molecule has 1 N–H and O–H groups in total. The number of hydrogen-bond donors (Lipinski definition) is 1. The van der Waals surface area contributed by atoms with Gasteiger partial charge in [0.25, 0.3) is 0 Å². The van der Waals surface area contributed by atoms with Gasteiger partial charge >= 0.3 is 0 Å². The lowest BCUT2D eigenvalue weighted by atomic mass is 10.1. The Labute approximate surface area is 129 Å². The largest absolute Gasteiger partial charge is 0.389 e. The molecule has 0 aromatic heterocycles. The van der Waals surface area contributed by atoms with Crippen molar-refractivity contribution in [3.05, 3.63) is 64.1 Å². The molecule has 0 aliphatic heterocycles. The highest BCUT2D eigenvalue weighted by molar-refractivity contribution is 9.10. The van der Waals surface area contributed by atoms with Crippen LogP contribution in [0.5, 0.6) is 0 Å². The fourth-order valence-electron chi connectivity index (χ4n) is 2.26. The molecule has 0 spiro atoms. The fraction of sp³-hybridized carbons (Fsp3) is 0.294. The van der Waals surface area contributed by atoms with Crippen molar-refractivity contribution in [2.75, 3.05) is 18.5 Å². The molecule has 0 heterocycles. The van der Waals surface area contributed by atoms with E-state index in [4.69, 9.17) is 0 Å². The Kier molecular flexibility index (Phi) is 5.21. The Hall–Kier alpha value is -1.32. The molecule has 2 aromatic rings. The third-order valence-corrected chi connectivity index (χ3v) is 3.93. The fourth-order valence-corrected chi connectivity index (χ4v) is 2.61. The number of likely N-dealkylation sites (N-methyl/N-ethyl adjacent to an activating group) is 1. The second-order valence-corrected chi connectivity index (χ2v) is 5.95. The van der Waals surface area contributed by atoms with Crippen LogP contribution in [0.3, 0.4) is 0 Å². The number of halogens is 1. The van der Waals surface area contributed by atoms with Gasteiger partial charge < -0.3 is 10.0 Å². The quantitative estimate of drug-likeness (QED) is 0.887. The molecule has 1 unspecified atom stereocenters. The SMILES string of the molecule is CC(O)c1ccc(Br)cc1N(C)CCc1ccccc1. The second kappa shape index (κ2) is 6.91. The third-order valence-electron chi connectivity index (χ3n) is 3.43. The molecular formula is C17H20BrNO. The van der Waals surface area contributed by atoms with E-state index in [1.54, 1.807) is 6.92 Å². The van der Waals surface area contributed by atoms with Crippen LogP contribution in [0, 0.1) is 0 Å². The summed E-state index contributed by atoms with van der Waals surface area (Å²) in [6.07, 6.45) is 0.528. The van der Waals surface area contributed by atoms with Crippen LogP contribution in [0.1, 0.15) is 24.2 Å². The first-order valence-electron chi connectivity index (χ1n) is 6.80. The van der Waals surface area contributed by atoms with E-state index in [2.05, 4.69) is 58.2 Å². The number of hydrogen-bond acceptors (Lipinski definition) is 2. The lowest BCUT2D eigenvalue weighted by molar-refractivity contribution is 0.199. The monoisotopic (exact) mass is 333 g/mol. The summed E-state index contributed by atoms with van der Waals surface area (Å²) in [6.45, 7) is 2.72. The molecule has 2 rings (SSSR count). The van der Waals surface area contributed by atoms with Gasteiger partial charge in [0.05, 0.1) is 6.10 Å². The highest BCUT2D eigenvalue weighted by Crippen LogP contribution is 2.29. The molecule has 0 aliphatic rings. The maximum atomic E-state index is 9.89.